The lowest BCUT2D eigenvalue weighted by molar-refractivity contribution is 0.393. The zero-order valence-corrected chi connectivity index (χ0v) is 10.1. The van der Waals surface area contributed by atoms with Crippen LogP contribution in [0.15, 0.2) is 24.3 Å². The minimum absolute atomic E-state index is 0.600. The summed E-state index contributed by atoms with van der Waals surface area (Å²) in [5, 5.41) is 18.8. The van der Waals surface area contributed by atoms with E-state index in [2.05, 4.69) is 17.0 Å². The summed E-state index contributed by atoms with van der Waals surface area (Å²) in [6.07, 6.45) is 1.20. The second-order valence-corrected chi connectivity index (χ2v) is 4.71. The number of hydrogen-bond donors (Lipinski definition) is 0. The van der Waals surface area contributed by atoms with Crippen LogP contribution in [0.5, 0.6) is 0 Å². The van der Waals surface area contributed by atoms with Crippen molar-refractivity contribution in [3.05, 3.63) is 29.3 Å². The number of benzene rings is 1. The summed E-state index contributed by atoms with van der Waals surface area (Å²) < 4.78 is 0. The molecule has 1 aromatic carbocycles. The first kappa shape index (κ1) is 11.8. The molecule has 0 atom stereocenters. The Morgan fingerprint density at radius 3 is 2.06 bits per heavy atom. The van der Waals surface area contributed by atoms with Crippen LogP contribution in [-0.4, -0.2) is 13.1 Å². The Morgan fingerprint density at radius 1 is 1.06 bits per heavy atom. The van der Waals surface area contributed by atoms with E-state index in [9.17, 15) is 0 Å². The Bertz CT molecular complexity index is 457. The molecule has 86 valence electrons. The molecule has 0 N–H and O–H groups in total. The van der Waals surface area contributed by atoms with E-state index >= 15 is 0 Å². The summed E-state index contributed by atoms with van der Waals surface area (Å²) in [5.41, 5.74) is 0.307. The fourth-order valence-corrected chi connectivity index (χ4v) is 2.17. The van der Waals surface area contributed by atoms with Crippen LogP contribution in [0.2, 0.25) is 5.02 Å². The van der Waals surface area contributed by atoms with Crippen molar-refractivity contribution in [3.63, 3.8) is 0 Å². The molecule has 1 fully saturated rings. The van der Waals surface area contributed by atoms with Crippen LogP contribution in [0.1, 0.15) is 12.8 Å². The molecule has 4 heteroatoms. The molecule has 0 saturated carbocycles. The fraction of sp³-hybridized carbons (Fsp3) is 0.385. The first-order valence-electron chi connectivity index (χ1n) is 5.52. The predicted octanol–water partition coefficient (Wildman–Crippen LogP) is 2.97. The minimum Gasteiger partial charge on any atom is -0.371 e. The van der Waals surface area contributed by atoms with Crippen molar-refractivity contribution >= 4 is 17.3 Å². The highest BCUT2D eigenvalue weighted by atomic mass is 35.5. The van der Waals surface area contributed by atoms with Crippen molar-refractivity contribution in [1.29, 1.82) is 10.5 Å². The van der Waals surface area contributed by atoms with Gasteiger partial charge in [-0.1, -0.05) is 11.6 Å². The molecule has 1 aliphatic heterocycles. The summed E-state index contributed by atoms with van der Waals surface area (Å²) in [4.78, 5) is 2.18. The zero-order valence-electron chi connectivity index (χ0n) is 9.36. The van der Waals surface area contributed by atoms with Crippen LogP contribution in [0.25, 0.3) is 0 Å². The Balaban J connectivity index is 2.08. The van der Waals surface area contributed by atoms with E-state index in [0.717, 1.165) is 18.8 Å². The number of nitriles is 2. The Kier molecular flexibility index (Phi) is 3.22. The molecule has 0 spiro atoms. The van der Waals surface area contributed by atoms with Crippen LogP contribution in [0.3, 0.4) is 0 Å². The fourth-order valence-electron chi connectivity index (χ4n) is 2.05. The number of hydrogen-bond acceptors (Lipinski definition) is 3. The van der Waals surface area contributed by atoms with Crippen molar-refractivity contribution in [2.75, 3.05) is 18.0 Å². The summed E-state index contributed by atoms with van der Waals surface area (Å²) in [6.45, 7) is 1.48. The standard InChI is InChI=1S/C13H12ClN3/c14-11-1-3-12(4-2-11)17-7-5-13(9-15,10-16)6-8-17/h1-4H,5-8H2. The van der Waals surface area contributed by atoms with Gasteiger partial charge in [-0.25, -0.2) is 0 Å². The Hall–Kier alpha value is -1.71. The lowest BCUT2D eigenvalue weighted by Crippen LogP contribution is -2.38. The summed E-state index contributed by atoms with van der Waals surface area (Å²) >= 11 is 5.84. The van der Waals surface area contributed by atoms with Crippen LogP contribution in [-0.2, 0) is 0 Å². The van der Waals surface area contributed by atoms with E-state index < -0.39 is 5.41 Å². The molecule has 1 aliphatic rings. The molecule has 1 aromatic rings. The van der Waals surface area contributed by atoms with E-state index in [4.69, 9.17) is 22.1 Å². The van der Waals surface area contributed by atoms with Gasteiger partial charge in [-0.05, 0) is 37.1 Å². The smallest absolute Gasteiger partial charge is 0.147 e. The summed E-state index contributed by atoms with van der Waals surface area (Å²) in [5.74, 6) is 0. The number of anilines is 1. The van der Waals surface area contributed by atoms with Crippen molar-refractivity contribution in [3.8, 4) is 12.1 Å². The molecular weight excluding hydrogens is 234 g/mol. The van der Waals surface area contributed by atoms with Crippen LogP contribution >= 0.6 is 11.6 Å². The largest absolute Gasteiger partial charge is 0.371 e. The first-order chi connectivity index (χ1) is 8.19. The van der Waals surface area contributed by atoms with Crippen molar-refractivity contribution in [1.82, 2.24) is 0 Å². The molecule has 0 unspecified atom stereocenters. The topological polar surface area (TPSA) is 50.8 Å². The lowest BCUT2D eigenvalue weighted by atomic mass is 9.81. The van der Waals surface area contributed by atoms with Gasteiger partial charge < -0.3 is 4.90 Å². The molecule has 17 heavy (non-hydrogen) atoms. The highest BCUT2D eigenvalue weighted by Crippen LogP contribution is 2.32. The maximum atomic E-state index is 9.03. The first-order valence-corrected chi connectivity index (χ1v) is 5.90. The van der Waals surface area contributed by atoms with Gasteiger partial charge in [0, 0.05) is 23.8 Å². The van der Waals surface area contributed by atoms with Crippen LogP contribution in [0.4, 0.5) is 5.69 Å². The molecule has 0 aromatic heterocycles. The summed E-state index contributed by atoms with van der Waals surface area (Å²) in [6, 6.07) is 11.9. The average molecular weight is 246 g/mol. The van der Waals surface area contributed by atoms with Crippen molar-refractivity contribution < 1.29 is 0 Å². The van der Waals surface area contributed by atoms with Gasteiger partial charge in [0.15, 0.2) is 0 Å². The molecule has 0 bridgehead atoms. The van der Waals surface area contributed by atoms with Crippen LogP contribution in [0, 0.1) is 28.1 Å². The quantitative estimate of drug-likeness (QED) is 0.764. The molecule has 1 heterocycles. The van der Waals surface area contributed by atoms with Gasteiger partial charge in [-0.3, -0.25) is 0 Å². The molecule has 3 nitrogen and oxygen atoms in total. The Labute approximate surface area is 106 Å². The monoisotopic (exact) mass is 245 g/mol. The number of rotatable bonds is 1. The van der Waals surface area contributed by atoms with Gasteiger partial charge in [0.05, 0.1) is 12.1 Å². The van der Waals surface area contributed by atoms with Gasteiger partial charge in [0.2, 0.25) is 0 Å². The normalized spacial score (nSPS) is 18.2. The number of piperidine rings is 1. The maximum Gasteiger partial charge on any atom is 0.147 e. The number of nitrogens with zero attached hydrogens (tertiary/aromatic N) is 3. The Morgan fingerprint density at radius 2 is 1.59 bits per heavy atom. The zero-order chi connectivity index (χ0) is 12.3. The third-order valence-corrected chi connectivity index (χ3v) is 3.49. The highest BCUT2D eigenvalue weighted by Gasteiger charge is 2.34. The molecule has 2 rings (SSSR count). The van der Waals surface area contributed by atoms with Crippen molar-refractivity contribution in [2.24, 2.45) is 5.41 Å². The van der Waals surface area contributed by atoms with Crippen LogP contribution < -0.4 is 4.90 Å². The molecular formula is C13H12ClN3. The lowest BCUT2D eigenvalue weighted by Gasteiger charge is -2.34. The van der Waals surface area contributed by atoms with Gasteiger partial charge >= 0.3 is 0 Å². The van der Waals surface area contributed by atoms with Gasteiger partial charge in [0.1, 0.15) is 5.41 Å². The van der Waals surface area contributed by atoms with Crippen molar-refractivity contribution in [2.45, 2.75) is 12.8 Å². The molecule has 0 radical (unpaired) electrons. The molecule has 0 aliphatic carbocycles. The highest BCUT2D eigenvalue weighted by molar-refractivity contribution is 6.30. The number of halogens is 1. The van der Waals surface area contributed by atoms with E-state index in [-0.39, 0.29) is 0 Å². The second kappa shape index (κ2) is 4.65. The molecule has 0 amide bonds. The van der Waals surface area contributed by atoms with Gasteiger partial charge in [-0.2, -0.15) is 10.5 Å². The predicted molar refractivity (Wildman–Crippen MR) is 66.6 cm³/mol. The average Bonchev–Trinajstić information content (AvgIpc) is 2.40. The summed E-state index contributed by atoms with van der Waals surface area (Å²) in [7, 11) is 0. The maximum absolute atomic E-state index is 9.03. The third-order valence-electron chi connectivity index (χ3n) is 3.24. The second-order valence-electron chi connectivity index (χ2n) is 4.27. The van der Waals surface area contributed by atoms with E-state index in [1.807, 2.05) is 24.3 Å². The molecule has 1 saturated heterocycles. The van der Waals surface area contributed by atoms with E-state index in [1.165, 1.54) is 0 Å². The minimum atomic E-state index is -0.789. The third kappa shape index (κ3) is 2.35. The van der Waals surface area contributed by atoms with E-state index in [0.29, 0.717) is 17.9 Å². The van der Waals surface area contributed by atoms with Gasteiger partial charge in [0.25, 0.3) is 0 Å². The SMILES string of the molecule is N#CC1(C#N)CCN(c2ccc(Cl)cc2)CC1. The van der Waals surface area contributed by atoms with E-state index in [1.54, 1.807) is 0 Å². The van der Waals surface area contributed by atoms with Gasteiger partial charge in [-0.15, -0.1) is 0 Å².